The van der Waals surface area contributed by atoms with Crippen molar-refractivity contribution in [2.45, 2.75) is 18.7 Å². The lowest BCUT2D eigenvalue weighted by Crippen LogP contribution is -2.15. The quantitative estimate of drug-likeness (QED) is 0.905. The Labute approximate surface area is 131 Å². The number of benzene rings is 1. The molecule has 0 spiro atoms. The van der Waals surface area contributed by atoms with Gasteiger partial charge in [0.15, 0.2) is 0 Å². The summed E-state index contributed by atoms with van der Waals surface area (Å²) in [5.74, 6) is 0.278. The fourth-order valence-electron chi connectivity index (χ4n) is 1.76. The van der Waals surface area contributed by atoms with E-state index in [0.717, 1.165) is 4.47 Å². The Morgan fingerprint density at radius 3 is 2.52 bits per heavy atom. The fourth-order valence-corrected chi connectivity index (χ4v) is 3.37. The number of anilines is 1. The molecule has 1 N–H and O–H groups in total. The highest BCUT2D eigenvalue weighted by molar-refractivity contribution is 9.10. The molecule has 0 aliphatic heterocycles. The molecule has 1 heterocycles. The van der Waals surface area contributed by atoms with Crippen LogP contribution in [0, 0.1) is 25.2 Å². The van der Waals surface area contributed by atoms with Gasteiger partial charge in [-0.2, -0.15) is 5.26 Å². The minimum Gasteiger partial charge on any atom is -0.263 e. The topological polar surface area (TPSA) is 82.8 Å². The van der Waals surface area contributed by atoms with Crippen LogP contribution in [0.15, 0.2) is 39.8 Å². The van der Waals surface area contributed by atoms with Crippen LogP contribution in [0.3, 0.4) is 0 Å². The molecule has 0 unspecified atom stereocenters. The third-order valence-corrected chi connectivity index (χ3v) is 4.67. The van der Waals surface area contributed by atoms with Crippen molar-refractivity contribution in [2.75, 3.05) is 4.72 Å². The van der Waals surface area contributed by atoms with Crippen molar-refractivity contribution < 1.29 is 8.42 Å². The van der Waals surface area contributed by atoms with E-state index in [1.54, 1.807) is 19.9 Å². The summed E-state index contributed by atoms with van der Waals surface area (Å²) in [7, 11) is -3.73. The molecule has 0 radical (unpaired) electrons. The first kappa shape index (κ1) is 15.5. The summed E-state index contributed by atoms with van der Waals surface area (Å²) in [4.78, 5) is 4.16. The molecule has 1 aromatic heterocycles. The number of halogens is 1. The van der Waals surface area contributed by atoms with Crippen LogP contribution in [-0.2, 0) is 10.0 Å². The van der Waals surface area contributed by atoms with Gasteiger partial charge in [0.25, 0.3) is 10.0 Å². The number of hydrogen-bond acceptors (Lipinski definition) is 4. The van der Waals surface area contributed by atoms with E-state index in [1.165, 1.54) is 24.4 Å². The van der Waals surface area contributed by atoms with E-state index in [-0.39, 0.29) is 10.7 Å². The number of pyridine rings is 1. The lowest BCUT2D eigenvalue weighted by molar-refractivity contribution is 0.601. The maximum atomic E-state index is 12.3. The van der Waals surface area contributed by atoms with Crippen molar-refractivity contribution in [2.24, 2.45) is 0 Å². The standard InChI is InChI=1S/C14H12BrN3O2S/c1-9-6-13(4-3-11(9)7-16)21(19,20)18-14-10(2)5-12(15)8-17-14/h3-6,8H,1-2H3,(H,17,18). The SMILES string of the molecule is Cc1cc(S(=O)(=O)Nc2ncc(Br)cc2C)ccc1C#N. The summed E-state index contributed by atoms with van der Waals surface area (Å²) in [5.41, 5.74) is 1.77. The number of sulfonamides is 1. The van der Waals surface area contributed by atoms with Gasteiger partial charge in [-0.25, -0.2) is 13.4 Å². The highest BCUT2D eigenvalue weighted by atomic mass is 79.9. The van der Waals surface area contributed by atoms with Gasteiger partial charge in [-0.05, 0) is 65.2 Å². The van der Waals surface area contributed by atoms with Crippen LogP contribution in [0.4, 0.5) is 5.82 Å². The summed E-state index contributed by atoms with van der Waals surface area (Å²) in [6.45, 7) is 3.46. The maximum absolute atomic E-state index is 12.3. The summed E-state index contributed by atoms with van der Waals surface area (Å²) in [5, 5.41) is 8.88. The summed E-state index contributed by atoms with van der Waals surface area (Å²) >= 11 is 3.28. The molecular formula is C14H12BrN3O2S. The number of rotatable bonds is 3. The molecule has 5 nitrogen and oxygen atoms in total. The van der Waals surface area contributed by atoms with E-state index in [1.807, 2.05) is 6.07 Å². The molecule has 0 amide bonds. The molecule has 0 saturated heterocycles. The van der Waals surface area contributed by atoms with Gasteiger partial charge in [0.1, 0.15) is 5.82 Å². The number of nitriles is 1. The first-order chi connectivity index (χ1) is 9.83. The Morgan fingerprint density at radius 1 is 1.24 bits per heavy atom. The van der Waals surface area contributed by atoms with Gasteiger partial charge in [-0.15, -0.1) is 0 Å². The molecule has 0 saturated carbocycles. The first-order valence-corrected chi connectivity index (χ1v) is 8.27. The molecule has 1 aromatic carbocycles. The van der Waals surface area contributed by atoms with E-state index in [2.05, 4.69) is 25.6 Å². The van der Waals surface area contributed by atoms with Gasteiger partial charge in [0.2, 0.25) is 0 Å². The zero-order chi connectivity index (χ0) is 15.6. The molecule has 0 aliphatic carbocycles. The number of nitrogens with zero attached hydrogens (tertiary/aromatic N) is 2. The summed E-state index contributed by atoms with van der Waals surface area (Å²) in [6.07, 6.45) is 1.52. The predicted molar refractivity (Wildman–Crippen MR) is 83.4 cm³/mol. The smallest absolute Gasteiger partial charge is 0.263 e. The van der Waals surface area contributed by atoms with E-state index >= 15 is 0 Å². The van der Waals surface area contributed by atoms with Gasteiger partial charge in [0, 0.05) is 10.7 Å². The van der Waals surface area contributed by atoms with Crippen molar-refractivity contribution in [3.05, 3.63) is 51.6 Å². The predicted octanol–water partition coefficient (Wildman–Crippen LogP) is 3.13. The average molecular weight is 366 g/mol. The molecule has 0 bridgehead atoms. The second-order valence-corrected chi connectivity index (χ2v) is 7.11. The van der Waals surface area contributed by atoms with Crippen molar-refractivity contribution >= 4 is 31.8 Å². The highest BCUT2D eigenvalue weighted by Gasteiger charge is 2.17. The number of aryl methyl sites for hydroxylation is 2. The van der Waals surface area contributed by atoms with Crippen LogP contribution in [0.5, 0.6) is 0 Å². The van der Waals surface area contributed by atoms with Gasteiger partial charge >= 0.3 is 0 Å². The molecule has 0 aliphatic rings. The van der Waals surface area contributed by atoms with Crippen LogP contribution in [0.2, 0.25) is 0 Å². The lowest BCUT2D eigenvalue weighted by atomic mass is 10.1. The molecule has 7 heteroatoms. The number of hydrogen-bond donors (Lipinski definition) is 1. The number of aromatic nitrogens is 1. The molecule has 0 atom stereocenters. The van der Waals surface area contributed by atoms with Crippen LogP contribution in [0.25, 0.3) is 0 Å². The molecular weight excluding hydrogens is 354 g/mol. The van der Waals surface area contributed by atoms with Gasteiger partial charge in [-0.3, -0.25) is 4.72 Å². The Balaban J connectivity index is 2.39. The van der Waals surface area contributed by atoms with Gasteiger partial charge < -0.3 is 0 Å². The van der Waals surface area contributed by atoms with Crippen molar-refractivity contribution in [1.82, 2.24) is 4.98 Å². The second kappa shape index (κ2) is 5.84. The second-order valence-electron chi connectivity index (χ2n) is 4.51. The highest BCUT2D eigenvalue weighted by Crippen LogP contribution is 2.21. The fraction of sp³-hybridized carbons (Fsp3) is 0.143. The number of nitrogens with one attached hydrogen (secondary N) is 1. The monoisotopic (exact) mass is 365 g/mol. The molecule has 2 rings (SSSR count). The Hall–Kier alpha value is -1.91. The van der Waals surface area contributed by atoms with E-state index < -0.39 is 10.0 Å². The summed E-state index contributed by atoms with van der Waals surface area (Å²) in [6, 6.07) is 8.14. The molecule has 21 heavy (non-hydrogen) atoms. The van der Waals surface area contributed by atoms with Crippen LogP contribution < -0.4 is 4.72 Å². The lowest BCUT2D eigenvalue weighted by Gasteiger charge is -2.10. The van der Waals surface area contributed by atoms with Crippen molar-refractivity contribution in [3.8, 4) is 6.07 Å². The molecule has 2 aromatic rings. The third kappa shape index (κ3) is 3.40. The minimum absolute atomic E-state index is 0.100. The van der Waals surface area contributed by atoms with E-state index in [9.17, 15) is 8.42 Å². The molecule has 108 valence electrons. The zero-order valence-corrected chi connectivity index (χ0v) is 13.8. The largest absolute Gasteiger partial charge is 0.263 e. The maximum Gasteiger partial charge on any atom is 0.263 e. The van der Waals surface area contributed by atoms with Crippen LogP contribution in [0.1, 0.15) is 16.7 Å². The summed E-state index contributed by atoms with van der Waals surface area (Å²) < 4.78 is 27.9. The Kier molecular flexibility index (Phi) is 4.30. The van der Waals surface area contributed by atoms with Crippen molar-refractivity contribution in [1.29, 1.82) is 5.26 Å². The van der Waals surface area contributed by atoms with Gasteiger partial charge in [-0.1, -0.05) is 0 Å². The zero-order valence-electron chi connectivity index (χ0n) is 11.4. The minimum atomic E-state index is -3.73. The van der Waals surface area contributed by atoms with Crippen LogP contribution in [-0.4, -0.2) is 13.4 Å². The third-order valence-electron chi connectivity index (χ3n) is 2.90. The normalized spacial score (nSPS) is 11.0. The van der Waals surface area contributed by atoms with Gasteiger partial charge in [0.05, 0.1) is 16.5 Å². The Bertz CT molecular complexity index is 842. The average Bonchev–Trinajstić information content (AvgIpc) is 2.42. The van der Waals surface area contributed by atoms with Crippen molar-refractivity contribution in [3.63, 3.8) is 0 Å². The molecule has 0 fully saturated rings. The Morgan fingerprint density at radius 2 is 1.95 bits per heavy atom. The van der Waals surface area contributed by atoms with E-state index in [0.29, 0.717) is 16.7 Å². The first-order valence-electron chi connectivity index (χ1n) is 5.99. The van der Waals surface area contributed by atoms with Crippen LogP contribution >= 0.6 is 15.9 Å². The van der Waals surface area contributed by atoms with E-state index in [4.69, 9.17) is 5.26 Å².